The zero-order chi connectivity index (χ0) is 8.85. The third kappa shape index (κ3) is 3.03. The summed E-state index contributed by atoms with van der Waals surface area (Å²) in [5.74, 6) is -0.140. The molecule has 0 aromatic heterocycles. The molecule has 0 aromatic carbocycles. The highest BCUT2D eigenvalue weighted by Crippen LogP contribution is 2.15. The van der Waals surface area contributed by atoms with Gasteiger partial charge in [0, 0.05) is 5.57 Å². The summed E-state index contributed by atoms with van der Waals surface area (Å²) in [7, 11) is 1.43. The molecular weight excluding hydrogens is 143 g/mol. The summed E-state index contributed by atoms with van der Waals surface area (Å²) < 4.78 is 17.7. The van der Waals surface area contributed by atoms with Crippen molar-refractivity contribution >= 4 is 0 Å². The van der Waals surface area contributed by atoms with E-state index in [9.17, 15) is 4.39 Å². The van der Waals surface area contributed by atoms with Crippen LogP contribution in [0.5, 0.6) is 0 Å². The van der Waals surface area contributed by atoms with Crippen LogP contribution in [0.2, 0.25) is 0 Å². The lowest BCUT2D eigenvalue weighted by atomic mass is 10.2. The Bertz CT molecular complexity index is 202. The van der Waals surface area contributed by atoms with Crippen LogP contribution < -0.4 is 0 Å². The molecule has 0 saturated carbocycles. The van der Waals surface area contributed by atoms with Crippen LogP contribution in [0.3, 0.4) is 0 Å². The van der Waals surface area contributed by atoms with Gasteiger partial charge in [-0.1, -0.05) is 18.7 Å². The monoisotopic (exact) mass is 156 g/mol. The third-order valence-electron chi connectivity index (χ3n) is 1.27. The second kappa shape index (κ2) is 4.72. The van der Waals surface area contributed by atoms with E-state index >= 15 is 0 Å². The SMILES string of the molecule is C=C(/C=C\C)/C(F)=C(\C)OC. The van der Waals surface area contributed by atoms with Crippen molar-refractivity contribution in [2.45, 2.75) is 13.8 Å². The number of ether oxygens (including phenoxy) is 1. The normalized spacial score (nSPS) is 13.1. The van der Waals surface area contributed by atoms with Gasteiger partial charge < -0.3 is 4.74 Å². The van der Waals surface area contributed by atoms with Crippen LogP contribution in [0.1, 0.15) is 13.8 Å². The van der Waals surface area contributed by atoms with Crippen LogP contribution in [-0.4, -0.2) is 7.11 Å². The molecule has 0 saturated heterocycles. The van der Waals surface area contributed by atoms with Gasteiger partial charge in [-0.3, -0.25) is 0 Å². The Morgan fingerprint density at radius 1 is 1.55 bits per heavy atom. The number of hydrogen-bond acceptors (Lipinski definition) is 1. The Kier molecular flexibility index (Phi) is 4.27. The Balaban J connectivity index is 4.47. The van der Waals surface area contributed by atoms with E-state index in [2.05, 4.69) is 11.3 Å². The zero-order valence-corrected chi connectivity index (χ0v) is 7.15. The minimum atomic E-state index is -0.398. The second-order valence-electron chi connectivity index (χ2n) is 2.10. The van der Waals surface area contributed by atoms with E-state index < -0.39 is 5.83 Å². The first-order chi connectivity index (χ1) is 5.13. The van der Waals surface area contributed by atoms with Gasteiger partial charge in [0.25, 0.3) is 0 Å². The summed E-state index contributed by atoms with van der Waals surface area (Å²) in [6, 6.07) is 0. The van der Waals surface area contributed by atoms with Crippen molar-refractivity contribution in [2.24, 2.45) is 0 Å². The molecule has 0 aliphatic carbocycles. The molecule has 0 aliphatic heterocycles. The van der Waals surface area contributed by atoms with Gasteiger partial charge in [0.05, 0.1) is 7.11 Å². The minimum absolute atomic E-state index is 0.258. The predicted octanol–water partition coefficient (Wildman–Crippen LogP) is 2.97. The molecule has 1 nitrogen and oxygen atoms in total. The predicted molar refractivity (Wildman–Crippen MR) is 44.8 cm³/mol. The highest BCUT2D eigenvalue weighted by atomic mass is 19.1. The zero-order valence-electron chi connectivity index (χ0n) is 7.15. The number of methoxy groups -OCH3 is 1. The lowest BCUT2D eigenvalue weighted by molar-refractivity contribution is 0.279. The number of hydrogen-bond donors (Lipinski definition) is 0. The first-order valence-corrected chi connectivity index (χ1v) is 3.35. The van der Waals surface area contributed by atoms with Gasteiger partial charge in [-0.2, -0.15) is 0 Å². The van der Waals surface area contributed by atoms with Gasteiger partial charge in [0.1, 0.15) is 5.76 Å². The van der Waals surface area contributed by atoms with Crippen molar-refractivity contribution in [1.29, 1.82) is 0 Å². The average molecular weight is 156 g/mol. The first kappa shape index (κ1) is 9.95. The van der Waals surface area contributed by atoms with Crippen LogP contribution in [0.25, 0.3) is 0 Å². The summed E-state index contributed by atoms with van der Waals surface area (Å²) in [5.41, 5.74) is 0.340. The maximum atomic E-state index is 13.0. The number of halogens is 1. The maximum absolute atomic E-state index is 13.0. The van der Waals surface area contributed by atoms with Crippen LogP contribution in [0, 0.1) is 0 Å². The number of rotatable bonds is 3. The summed E-state index contributed by atoms with van der Waals surface area (Å²) in [5, 5.41) is 0. The second-order valence-corrected chi connectivity index (χ2v) is 2.10. The molecule has 0 amide bonds. The summed E-state index contributed by atoms with van der Waals surface area (Å²) in [6.45, 7) is 6.88. The van der Waals surface area contributed by atoms with Gasteiger partial charge in [-0.05, 0) is 13.8 Å². The Morgan fingerprint density at radius 2 is 2.09 bits per heavy atom. The molecule has 0 fully saturated rings. The molecule has 0 rings (SSSR count). The lowest BCUT2D eigenvalue weighted by Gasteiger charge is -2.01. The Hall–Kier alpha value is -1.05. The van der Waals surface area contributed by atoms with Gasteiger partial charge in [0.2, 0.25) is 0 Å². The van der Waals surface area contributed by atoms with Gasteiger partial charge in [-0.25, -0.2) is 4.39 Å². The Labute approximate surface area is 66.9 Å². The van der Waals surface area contributed by atoms with E-state index in [1.807, 2.05) is 0 Å². The fourth-order valence-electron chi connectivity index (χ4n) is 0.590. The van der Waals surface area contributed by atoms with Crippen LogP contribution in [0.15, 0.2) is 35.9 Å². The molecule has 0 atom stereocenters. The molecule has 0 heterocycles. The largest absolute Gasteiger partial charge is 0.498 e. The lowest BCUT2D eigenvalue weighted by Crippen LogP contribution is -1.86. The molecule has 2 heteroatoms. The quantitative estimate of drug-likeness (QED) is 0.451. The van der Waals surface area contributed by atoms with Gasteiger partial charge in [-0.15, -0.1) is 0 Å². The standard InChI is InChI=1S/C9H13FO/c1-5-6-7(2)9(10)8(3)11-4/h5-6H,2H2,1,3-4H3/b6-5-,9-8-. The first-order valence-electron chi connectivity index (χ1n) is 3.35. The van der Waals surface area contributed by atoms with E-state index in [-0.39, 0.29) is 5.76 Å². The van der Waals surface area contributed by atoms with E-state index in [4.69, 9.17) is 0 Å². The van der Waals surface area contributed by atoms with Crippen LogP contribution in [0.4, 0.5) is 4.39 Å². The van der Waals surface area contributed by atoms with Crippen molar-refractivity contribution in [3.8, 4) is 0 Å². The van der Waals surface area contributed by atoms with Crippen molar-refractivity contribution < 1.29 is 9.13 Å². The Morgan fingerprint density at radius 3 is 2.45 bits per heavy atom. The molecule has 0 aromatic rings. The smallest absolute Gasteiger partial charge is 0.167 e. The molecule has 62 valence electrons. The molecule has 0 unspecified atom stereocenters. The van der Waals surface area contributed by atoms with E-state index in [1.54, 1.807) is 26.0 Å². The summed E-state index contributed by atoms with van der Waals surface area (Å²) in [6.07, 6.45) is 3.32. The molecule has 0 radical (unpaired) electrons. The molecule has 0 aliphatic rings. The van der Waals surface area contributed by atoms with Crippen molar-refractivity contribution in [3.05, 3.63) is 35.9 Å². The maximum Gasteiger partial charge on any atom is 0.167 e. The molecule has 0 bridgehead atoms. The fraction of sp³-hybridized carbons (Fsp3) is 0.333. The highest BCUT2D eigenvalue weighted by Gasteiger charge is 2.02. The van der Waals surface area contributed by atoms with Crippen LogP contribution in [-0.2, 0) is 4.74 Å². The highest BCUT2D eigenvalue weighted by molar-refractivity contribution is 5.33. The minimum Gasteiger partial charge on any atom is -0.498 e. The third-order valence-corrected chi connectivity index (χ3v) is 1.27. The molecule has 0 spiro atoms. The van der Waals surface area contributed by atoms with Gasteiger partial charge in [0.15, 0.2) is 5.83 Å². The topological polar surface area (TPSA) is 9.23 Å². The van der Waals surface area contributed by atoms with E-state index in [1.165, 1.54) is 7.11 Å². The molecule has 11 heavy (non-hydrogen) atoms. The van der Waals surface area contributed by atoms with Crippen molar-refractivity contribution in [2.75, 3.05) is 7.11 Å². The summed E-state index contributed by atoms with van der Waals surface area (Å²) >= 11 is 0. The average Bonchev–Trinajstić information content (AvgIpc) is 2.02. The number of allylic oxidation sites excluding steroid dienone is 5. The van der Waals surface area contributed by atoms with Crippen LogP contribution >= 0.6 is 0 Å². The summed E-state index contributed by atoms with van der Waals surface area (Å²) in [4.78, 5) is 0. The molecule has 0 N–H and O–H groups in total. The fourth-order valence-corrected chi connectivity index (χ4v) is 0.590. The van der Waals surface area contributed by atoms with Gasteiger partial charge >= 0.3 is 0 Å². The van der Waals surface area contributed by atoms with E-state index in [0.717, 1.165) is 0 Å². The van der Waals surface area contributed by atoms with Crippen molar-refractivity contribution in [3.63, 3.8) is 0 Å². The van der Waals surface area contributed by atoms with E-state index in [0.29, 0.717) is 5.57 Å². The van der Waals surface area contributed by atoms with Crippen molar-refractivity contribution in [1.82, 2.24) is 0 Å². The molecular formula is C9H13FO.